The molecule has 122 valence electrons. The predicted octanol–water partition coefficient (Wildman–Crippen LogP) is 2.94. The van der Waals surface area contributed by atoms with E-state index < -0.39 is 0 Å². The van der Waals surface area contributed by atoms with E-state index in [1.807, 2.05) is 31.3 Å². The molecule has 0 bridgehead atoms. The van der Waals surface area contributed by atoms with Crippen molar-refractivity contribution in [1.82, 2.24) is 20.0 Å². The Morgan fingerprint density at radius 3 is 2.86 bits per heavy atom. The zero-order valence-corrected chi connectivity index (χ0v) is 14.4. The van der Waals surface area contributed by atoms with E-state index >= 15 is 0 Å². The molecule has 6 heteroatoms. The molecule has 2 fully saturated rings. The maximum absolute atomic E-state index is 12.6. The lowest BCUT2D eigenvalue weighted by molar-refractivity contribution is 0.182. The largest absolute Gasteiger partial charge is 0.331 e. The van der Waals surface area contributed by atoms with Gasteiger partial charge in [0.05, 0.1) is 12.2 Å². The molecule has 0 radical (unpaired) electrons. The second kappa shape index (κ2) is 6.52. The third-order valence-electron chi connectivity index (χ3n) is 4.87. The zero-order chi connectivity index (χ0) is 15.6. The maximum Gasteiger partial charge on any atom is 0.317 e. The Labute approximate surface area is 136 Å². The van der Waals surface area contributed by atoms with Crippen LogP contribution in [0.5, 0.6) is 0 Å². The van der Waals surface area contributed by atoms with E-state index in [2.05, 4.69) is 22.2 Å². The fourth-order valence-corrected chi connectivity index (χ4v) is 5.11. The summed E-state index contributed by atoms with van der Waals surface area (Å²) in [6.07, 6.45) is 10.3. The summed E-state index contributed by atoms with van der Waals surface area (Å²) in [7, 11) is 1.90. The molecule has 5 nitrogen and oxygen atoms in total. The molecular formula is C16H26N4OS. The van der Waals surface area contributed by atoms with Gasteiger partial charge >= 0.3 is 6.03 Å². The van der Waals surface area contributed by atoms with Crippen molar-refractivity contribution in [1.29, 1.82) is 0 Å². The van der Waals surface area contributed by atoms with Crippen molar-refractivity contribution in [2.24, 2.45) is 7.05 Å². The van der Waals surface area contributed by atoms with Crippen molar-refractivity contribution in [2.45, 2.75) is 49.8 Å². The average molecular weight is 322 g/mol. The summed E-state index contributed by atoms with van der Waals surface area (Å²) in [5.74, 6) is 1.06. The predicted molar refractivity (Wildman–Crippen MR) is 90.0 cm³/mol. The second-order valence-electron chi connectivity index (χ2n) is 6.63. The van der Waals surface area contributed by atoms with Crippen molar-refractivity contribution >= 4 is 17.8 Å². The lowest BCUT2D eigenvalue weighted by Crippen LogP contribution is -2.53. The van der Waals surface area contributed by atoms with Crippen LogP contribution in [0, 0.1) is 0 Å². The normalized spacial score (nSPS) is 22.5. The molecular weight excluding hydrogens is 296 g/mol. The summed E-state index contributed by atoms with van der Waals surface area (Å²) in [6.45, 7) is 3.78. The highest BCUT2D eigenvalue weighted by Crippen LogP contribution is 2.42. The molecule has 1 aliphatic heterocycles. The molecule has 1 atom stereocenters. The number of aromatic nitrogens is 2. The smallest absolute Gasteiger partial charge is 0.317 e. The number of nitrogens with one attached hydrogen (secondary N) is 1. The molecule has 1 aromatic rings. The number of hydrogen-bond acceptors (Lipinski definition) is 3. The van der Waals surface area contributed by atoms with Crippen LogP contribution in [0.1, 0.15) is 50.6 Å². The molecule has 1 spiro atoms. The van der Waals surface area contributed by atoms with E-state index in [0.717, 1.165) is 24.4 Å². The first kappa shape index (κ1) is 15.7. The van der Waals surface area contributed by atoms with Gasteiger partial charge in [0.15, 0.2) is 0 Å². The molecule has 1 aliphatic carbocycles. The van der Waals surface area contributed by atoms with Crippen LogP contribution in [-0.4, -0.2) is 44.3 Å². The number of urea groups is 1. The minimum absolute atomic E-state index is 0.00177. The molecule has 22 heavy (non-hydrogen) atoms. The molecule has 2 amide bonds. The highest BCUT2D eigenvalue weighted by atomic mass is 32.2. The Bertz CT molecular complexity index is 518. The number of thioether (sulfide) groups is 1. The van der Waals surface area contributed by atoms with Gasteiger partial charge in [-0.1, -0.05) is 19.3 Å². The van der Waals surface area contributed by atoms with Crippen LogP contribution >= 0.6 is 11.8 Å². The van der Waals surface area contributed by atoms with Gasteiger partial charge in [-0.05, 0) is 19.8 Å². The van der Waals surface area contributed by atoms with Gasteiger partial charge in [0, 0.05) is 42.4 Å². The molecule has 1 N–H and O–H groups in total. The first-order valence-corrected chi connectivity index (χ1v) is 9.24. The Balaban J connectivity index is 1.59. The van der Waals surface area contributed by atoms with Gasteiger partial charge in [-0.2, -0.15) is 16.9 Å². The summed E-state index contributed by atoms with van der Waals surface area (Å²) < 4.78 is 2.10. The molecule has 3 rings (SSSR count). The van der Waals surface area contributed by atoms with Crippen molar-refractivity contribution in [3.8, 4) is 0 Å². The van der Waals surface area contributed by atoms with Crippen LogP contribution in [0.25, 0.3) is 0 Å². The number of rotatable bonds is 2. The Hall–Kier alpha value is -1.17. The number of aryl methyl sites for hydroxylation is 1. The number of carbonyl (C=O) groups is 1. The third kappa shape index (κ3) is 3.42. The van der Waals surface area contributed by atoms with Crippen molar-refractivity contribution in [2.75, 3.05) is 18.8 Å². The Morgan fingerprint density at radius 2 is 2.18 bits per heavy atom. The molecule has 1 aromatic heterocycles. The van der Waals surface area contributed by atoms with Crippen LogP contribution in [0.4, 0.5) is 4.79 Å². The number of amides is 2. The van der Waals surface area contributed by atoms with E-state index in [9.17, 15) is 4.79 Å². The van der Waals surface area contributed by atoms with Gasteiger partial charge in [-0.25, -0.2) is 4.79 Å². The quantitative estimate of drug-likeness (QED) is 0.911. The summed E-state index contributed by atoms with van der Waals surface area (Å²) in [5, 5.41) is 7.30. The van der Waals surface area contributed by atoms with Gasteiger partial charge in [0.25, 0.3) is 0 Å². The summed E-state index contributed by atoms with van der Waals surface area (Å²) in [4.78, 5) is 14.6. The average Bonchev–Trinajstić information content (AvgIpc) is 2.95. The van der Waals surface area contributed by atoms with Gasteiger partial charge in [0.1, 0.15) is 0 Å². The van der Waals surface area contributed by atoms with E-state index in [0.29, 0.717) is 4.75 Å². The standard InChI is InChI=1S/C16H26N4OS/c1-13(14-10-17-19(2)11-14)18-15(21)20-8-9-22-16(12-20)6-4-3-5-7-16/h10-11,13H,3-9,12H2,1-2H3,(H,18,21). The summed E-state index contributed by atoms with van der Waals surface area (Å²) >= 11 is 2.09. The molecule has 2 aliphatic rings. The summed E-state index contributed by atoms with van der Waals surface area (Å²) in [5.41, 5.74) is 1.05. The lowest BCUT2D eigenvalue weighted by atomic mass is 9.87. The zero-order valence-electron chi connectivity index (χ0n) is 13.5. The van der Waals surface area contributed by atoms with Gasteiger partial charge < -0.3 is 10.2 Å². The van der Waals surface area contributed by atoms with Crippen LogP contribution < -0.4 is 5.32 Å². The third-order valence-corrected chi connectivity index (χ3v) is 6.40. The molecule has 1 saturated carbocycles. The number of nitrogens with zero attached hydrogens (tertiary/aromatic N) is 3. The molecule has 0 aromatic carbocycles. The van der Waals surface area contributed by atoms with Crippen LogP contribution in [0.2, 0.25) is 0 Å². The van der Waals surface area contributed by atoms with Crippen molar-refractivity contribution in [3.05, 3.63) is 18.0 Å². The summed E-state index contributed by atoms with van der Waals surface area (Å²) in [6, 6.07) is 0.0692. The highest BCUT2D eigenvalue weighted by molar-refractivity contribution is 8.00. The van der Waals surface area contributed by atoms with Gasteiger partial charge in [-0.15, -0.1) is 0 Å². The second-order valence-corrected chi connectivity index (χ2v) is 8.20. The lowest BCUT2D eigenvalue weighted by Gasteiger charge is -2.44. The molecule has 2 heterocycles. The highest BCUT2D eigenvalue weighted by Gasteiger charge is 2.38. The van der Waals surface area contributed by atoms with Crippen molar-refractivity contribution in [3.63, 3.8) is 0 Å². The number of carbonyl (C=O) groups excluding carboxylic acids is 1. The van der Waals surface area contributed by atoms with Gasteiger partial charge in [0.2, 0.25) is 0 Å². The van der Waals surface area contributed by atoms with E-state index in [-0.39, 0.29) is 12.1 Å². The van der Waals surface area contributed by atoms with Crippen molar-refractivity contribution < 1.29 is 4.79 Å². The molecule has 1 saturated heterocycles. The number of hydrogen-bond donors (Lipinski definition) is 1. The maximum atomic E-state index is 12.6. The van der Waals surface area contributed by atoms with E-state index in [1.165, 1.54) is 32.1 Å². The van der Waals surface area contributed by atoms with Crippen LogP contribution in [-0.2, 0) is 7.05 Å². The monoisotopic (exact) mass is 322 g/mol. The first-order valence-electron chi connectivity index (χ1n) is 8.26. The Kier molecular flexibility index (Phi) is 4.66. The first-order chi connectivity index (χ1) is 10.6. The molecule has 1 unspecified atom stereocenters. The SMILES string of the molecule is CC(NC(=O)N1CCSC2(CCCCC2)C1)c1cnn(C)c1. The topological polar surface area (TPSA) is 50.2 Å². The van der Waals surface area contributed by atoms with Gasteiger partial charge in [-0.3, -0.25) is 4.68 Å². The Morgan fingerprint density at radius 1 is 1.41 bits per heavy atom. The van der Waals surface area contributed by atoms with Crippen LogP contribution in [0.3, 0.4) is 0 Å². The van der Waals surface area contributed by atoms with E-state index in [1.54, 1.807) is 4.68 Å². The van der Waals surface area contributed by atoms with Crippen LogP contribution in [0.15, 0.2) is 12.4 Å². The fraction of sp³-hybridized carbons (Fsp3) is 0.750. The fourth-order valence-electron chi connectivity index (χ4n) is 3.54. The minimum Gasteiger partial charge on any atom is -0.331 e. The van der Waals surface area contributed by atoms with E-state index in [4.69, 9.17) is 0 Å². The minimum atomic E-state index is -0.00177.